The van der Waals surface area contributed by atoms with Crippen molar-refractivity contribution in [1.29, 1.82) is 0 Å². The first kappa shape index (κ1) is 15.4. The molecule has 94 valence electrons. The van der Waals surface area contributed by atoms with Crippen molar-refractivity contribution < 1.29 is 9.53 Å². The van der Waals surface area contributed by atoms with Crippen LogP contribution in [0.5, 0.6) is 0 Å². The van der Waals surface area contributed by atoms with E-state index in [0.29, 0.717) is 25.7 Å². The quantitative estimate of drug-likeness (QED) is 0.519. The van der Waals surface area contributed by atoms with E-state index < -0.39 is 0 Å². The molecule has 0 aromatic rings. The minimum absolute atomic E-state index is 0. The summed E-state index contributed by atoms with van der Waals surface area (Å²) >= 11 is 0. The van der Waals surface area contributed by atoms with Crippen LogP contribution in [-0.4, -0.2) is 38.3 Å². The molecule has 1 saturated heterocycles. The van der Waals surface area contributed by atoms with Crippen LogP contribution in [0.4, 0.5) is 0 Å². The monoisotopic (exact) mass is 248 g/mol. The van der Waals surface area contributed by atoms with Gasteiger partial charge in [0.1, 0.15) is 0 Å². The summed E-state index contributed by atoms with van der Waals surface area (Å²) in [6.45, 7) is 6.65. The molecule has 5 heteroatoms. The number of halogens is 1. The van der Waals surface area contributed by atoms with Gasteiger partial charge in [-0.05, 0) is 19.4 Å². The summed E-state index contributed by atoms with van der Waals surface area (Å²) < 4.78 is 5.19. The summed E-state index contributed by atoms with van der Waals surface area (Å²) in [7, 11) is 0. The fraction of sp³-hybridized carbons (Fsp3) is 0.727. The Labute approximate surface area is 103 Å². The Morgan fingerprint density at radius 2 is 2.44 bits per heavy atom. The molecular formula is C11H21ClN2O2. The number of hydrogen-bond donors (Lipinski definition) is 2. The zero-order valence-electron chi connectivity index (χ0n) is 9.54. The maximum absolute atomic E-state index is 11.4. The van der Waals surface area contributed by atoms with Crippen molar-refractivity contribution in [1.82, 2.24) is 10.6 Å². The first-order valence-corrected chi connectivity index (χ1v) is 5.51. The Morgan fingerprint density at radius 3 is 3.06 bits per heavy atom. The highest BCUT2D eigenvalue weighted by molar-refractivity contribution is 5.85. The number of rotatable bonds is 7. The number of carbonyl (C=O) groups excluding carboxylic acids is 1. The third kappa shape index (κ3) is 6.82. The molecule has 0 spiro atoms. The first-order valence-electron chi connectivity index (χ1n) is 5.51. The molecule has 1 heterocycles. The van der Waals surface area contributed by atoms with Gasteiger partial charge in [0.05, 0.1) is 6.61 Å². The van der Waals surface area contributed by atoms with Gasteiger partial charge in [0.25, 0.3) is 0 Å². The van der Waals surface area contributed by atoms with Crippen LogP contribution < -0.4 is 10.6 Å². The van der Waals surface area contributed by atoms with Crippen molar-refractivity contribution in [2.24, 2.45) is 0 Å². The second-order valence-corrected chi connectivity index (χ2v) is 3.72. The van der Waals surface area contributed by atoms with Gasteiger partial charge in [0.2, 0.25) is 5.91 Å². The van der Waals surface area contributed by atoms with Crippen LogP contribution in [0.2, 0.25) is 0 Å². The Kier molecular flexibility index (Phi) is 9.28. The molecule has 0 aromatic heterocycles. The molecule has 16 heavy (non-hydrogen) atoms. The van der Waals surface area contributed by atoms with Crippen molar-refractivity contribution in [3.63, 3.8) is 0 Å². The summed E-state index contributed by atoms with van der Waals surface area (Å²) in [6.07, 6.45) is 4.08. The fourth-order valence-electron chi connectivity index (χ4n) is 1.58. The molecule has 1 aliphatic heterocycles. The second-order valence-electron chi connectivity index (χ2n) is 3.72. The average Bonchev–Trinajstić information content (AvgIpc) is 2.70. The van der Waals surface area contributed by atoms with E-state index in [0.717, 1.165) is 25.9 Å². The van der Waals surface area contributed by atoms with Gasteiger partial charge in [-0.25, -0.2) is 0 Å². The number of ether oxygens (including phenoxy) is 1. The molecular weight excluding hydrogens is 228 g/mol. The van der Waals surface area contributed by atoms with Crippen LogP contribution in [0.1, 0.15) is 19.3 Å². The lowest BCUT2D eigenvalue weighted by molar-refractivity contribution is -0.122. The molecule has 4 nitrogen and oxygen atoms in total. The molecule has 0 saturated carbocycles. The number of amides is 1. The molecule has 1 unspecified atom stereocenters. The summed E-state index contributed by atoms with van der Waals surface area (Å²) in [6, 6.07) is 0.326. The predicted molar refractivity (Wildman–Crippen MR) is 66.9 cm³/mol. The lowest BCUT2D eigenvalue weighted by Crippen LogP contribution is -2.36. The largest absolute Gasteiger partial charge is 0.377 e. The van der Waals surface area contributed by atoms with Gasteiger partial charge >= 0.3 is 0 Å². The van der Waals surface area contributed by atoms with E-state index >= 15 is 0 Å². The molecule has 1 fully saturated rings. The lowest BCUT2D eigenvalue weighted by atomic mass is 10.2. The molecule has 2 N–H and O–H groups in total. The van der Waals surface area contributed by atoms with Crippen LogP contribution >= 0.6 is 12.4 Å². The van der Waals surface area contributed by atoms with E-state index in [1.807, 2.05) is 0 Å². The summed E-state index contributed by atoms with van der Waals surface area (Å²) in [4.78, 5) is 11.4. The maximum Gasteiger partial charge on any atom is 0.220 e. The minimum atomic E-state index is 0. The maximum atomic E-state index is 11.4. The highest BCUT2D eigenvalue weighted by atomic mass is 35.5. The van der Waals surface area contributed by atoms with E-state index in [2.05, 4.69) is 17.2 Å². The van der Waals surface area contributed by atoms with E-state index in [1.165, 1.54) is 0 Å². The third-order valence-corrected chi connectivity index (χ3v) is 2.35. The Hall–Kier alpha value is -0.580. The van der Waals surface area contributed by atoms with Gasteiger partial charge in [-0.15, -0.1) is 19.0 Å². The minimum Gasteiger partial charge on any atom is -0.377 e. The number of carbonyl (C=O) groups is 1. The van der Waals surface area contributed by atoms with E-state index in [9.17, 15) is 4.79 Å². The van der Waals surface area contributed by atoms with Crippen LogP contribution in [0, 0.1) is 0 Å². The lowest BCUT2D eigenvalue weighted by Gasteiger charge is -2.10. The SMILES string of the molecule is C=CCOCCCC(=O)NC1CCNC1.Cl. The van der Waals surface area contributed by atoms with Gasteiger partial charge in [0.15, 0.2) is 0 Å². The normalized spacial score (nSPS) is 18.9. The van der Waals surface area contributed by atoms with E-state index in [-0.39, 0.29) is 18.3 Å². The summed E-state index contributed by atoms with van der Waals surface area (Å²) in [5.74, 6) is 0.130. The Bertz CT molecular complexity index is 206. The average molecular weight is 249 g/mol. The van der Waals surface area contributed by atoms with E-state index in [1.54, 1.807) is 6.08 Å². The van der Waals surface area contributed by atoms with Crippen molar-refractivity contribution in [2.45, 2.75) is 25.3 Å². The molecule has 1 atom stereocenters. The standard InChI is InChI=1S/C11H20N2O2.ClH/c1-2-7-15-8-3-4-11(14)13-10-5-6-12-9-10;/h2,10,12H,1,3-9H2,(H,13,14);1H. The third-order valence-electron chi connectivity index (χ3n) is 2.35. The zero-order valence-corrected chi connectivity index (χ0v) is 10.4. The predicted octanol–water partition coefficient (Wildman–Crippen LogP) is 0.869. The van der Waals surface area contributed by atoms with Crippen LogP contribution in [0.15, 0.2) is 12.7 Å². The van der Waals surface area contributed by atoms with Crippen molar-refractivity contribution >= 4 is 18.3 Å². The second kappa shape index (κ2) is 9.63. The fourth-order valence-corrected chi connectivity index (χ4v) is 1.58. The zero-order chi connectivity index (χ0) is 10.9. The highest BCUT2D eigenvalue weighted by Crippen LogP contribution is 1.98. The Morgan fingerprint density at radius 1 is 1.62 bits per heavy atom. The van der Waals surface area contributed by atoms with Crippen molar-refractivity contribution in [2.75, 3.05) is 26.3 Å². The Balaban J connectivity index is 0.00000225. The molecule has 1 rings (SSSR count). The summed E-state index contributed by atoms with van der Waals surface area (Å²) in [5.41, 5.74) is 0. The molecule has 0 bridgehead atoms. The number of nitrogens with one attached hydrogen (secondary N) is 2. The van der Waals surface area contributed by atoms with Gasteiger partial charge in [0, 0.05) is 25.6 Å². The smallest absolute Gasteiger partial charge is 0.220 e. The van der Waals surface area contributed by atoms with Crippen LogP contribution in [-0.2, 0) is 9.53 Å². The van der Waals surface area contributed by atoms with Gasteiger partial charge in [-0.3, -0.25) is 4.79 Å². The molecule has 1 amide bonds. The summed E-state index contributed by atoms with van der Waals surface area (Å²) in [5, 5.41) is 6.20. The van der Waals surface area contributed by atoms with E-state index in [4.69, 9.17) is 4.74 Å². The molecule has 1 aliphatic rings. The first-order chi connectivity index (χ1) is 7.33. The van der Waals surface area contributed by atoms with Gasteiger partial charge in [-0.1, -0.05) is 6.08 Å². The number of hydrogen-bond acceptors (Lipinski definition) is 3. The van der Waals surface area contributed by atoms with Crippen molar-refractivity contribution in [3.05, 3.63) is 12.7 Å². The molecule has 0 radical (unpaired) electrons. The highest BCUT2D eigenvalue weighted by Gasteiger charge is 2.15. The topological polar surface area (TPSA) is 50.4 Å². The molecule has 0 aliphatic carbocycles. The molecule has 0 aromatic carbocycles. The van der Waals surface area contributed by atoms with Crippen molar-refractivity contribution in [3.8, 4) is 0 Å². The van der Waals surface area contributed by atoms with Gasteiger partial charge in [-0.2, -0.15) is 0 Å². The van der Waals surface area contributed by atoms with Gasteiger partial charge < -0.3 is 15.4 Å². The van der Waals surface area contributed by atoms with Crippen LogP contribution in [0.3, 0.4) is 0 Å². The van der Waals surface area contributed by atoms with Crippen LogP contribution in [0.25, 0.3) is 0 Å².